The van der Waals surface area contributed by atoms with Crippen molar-refractivity contribution < 1.29 is 19.0 Å². The van der Waals surface area contributed by atoms with E-state index in [0.29, 0.717) is 18.6 Å². The number of hydrogen-bond donors (Lipinski definition) is 2. The molecular formula is C12H15N3O4. The highest BCUT2D eigenvalue weighted by Gasteiger charge is 2.64. The molecular weight excluding hydrogens is 250 g/mol. The summed E-state index contributed by atoms with van der Waals surface area (Å²) in [5.74, 6) is -0.499. The SMILES string of the molecule is N[C@@]12CCO[C@]1(N)[C@H](OC(=O)c1ccncc1)CO2. The third-order valence-electron chi connectivity index (χ3n) is 3.61. The van der Waals surface area contributed by atoms with Crippen LogP contribution in [0.4, 0.5) is 0 Å². The number of esters is 1. The standard InChI is InChI=1S/C12H15N3O4/c13-11-3-6-17-12(11,14)9(7-18-11)19-10(16)8-1-4-15-5-2-8/h1-2,4-5,9H,3,6-7,13-14H2/t9-,11-,12-/m1/s1. The molecule has 1 aromatic heterocycles. The maximum Gasteiger partial charge on any atom is 0.338 e. The van der Waals surface area contributed by atoms with Gasteiger partial charge in [-0.2, -0.15) is 0 Å². The molecule has 0 unspecified atom stereocenters. The van der Waals surface area contributed by atoms with Crippen LogP contribution in [0.15, 0.2) is 24.5 Å². The van der Waals surface area contributed by atoms with E-state index < -0.39 is 23.5 Å². The van der Waals surface area contributed by atoms with Crippen LogP contribution >= 0.6 is 0 Å². The Balaban J connectivity index is 1.76. The Kier molecular flexibility index (Phi) is 2.79. The van der Waals surface area contributed by atoms with Gasteiger partial charge in [-0.1, -0.05) is 0 Å². The van der Waals surface area contributed by atoms with E-state index in [4.69, 9.17) is 25.7 Å². The lowest BCUT2D eigenvalue weighted by Crippen LogP contribution is -2.65. The molecule has 0 aliphatic carbocycles. The van der Waals surface area contributed by atoms with Gasteiger partial charge in [-0.25, -0.2) is 4.79 Å². The molecule has 102 valence electrons. The number of aromatic nitrogens is 1. The topological polar surface area (TPSA) is 110 Å². The van der Waals surface area contributed by atoms with Gasteiger partial charge in [0.25, 0.3) is 0 Å². The molecule has 3 heterocycles. The van der Waals surface area contributed by atoms with Crippen molar-refractivity contribution in [3.8, 4) is 0 Å². The second-order valence-electron chi connectivity index (χ2n) is 4.72. The minimum Gasteiger partial charge on any atom is -0.452 e. The number of nitrogens with two attached hydrogens (primary N) is 2. The van der Waals surface area contributed by atoms with Crippen LogP contribution in [0.3, 0.4) is 0 Å². The lowest BCUT2D eigenvalue weighted by Gasteiger charge is -2.33. The van der Waals surface area contributed by atoms with Crippen LogP contribution in [0.5, 0.6) is 0 Å². The summed E-state index contributed by atoms with van der Waals surface area (Å²) in [6, 6.07) is 3.12. The molecule has 7 nitrogen and oxygen atoms in total. The predicted molar refractivity (Wildman–Crippen MR) is 63.8 cm³/mol. The Bertz CT molecular complexity index is 497. The number of carbonyl (C=O) groups is 1. The minimum atomic E-state index is -1.28. The van der Waals surface area contributed by atoms with Gasteiger partial charge in [0.05, 0.1) is 18.8 Å². The van der Waals surface area contributed by atoms with Crippen molar-refractivity contribution in [3.05, 3.63) is 30.1 Å². The van der Waals surface area contributed by atoms with Crippen LogP contribution in [-0.2, 0) is 14.2 Å². The van der Waals surface area contributed by atoms with E-state index in [1.54, 1.807) is 12.1 Å². The van der Waals surface area contributed by atoms with Gasteiger partial charge >= 0.3 is 5.97 Å². The molecule has 1 aromatic rings. The normalized spacial score (nSPS) is 37.1. The zero-order valence-corrected chi connectivity index (χ0v) is 10.2. The van der Waals surface area contributed by atoms with Gasteiger partial charge in [0.15, 0.2) is 17.6 Å². The van der Waals surface area contributed by atoms with Crippen molar-refractivity contribution in [2.45, 2.75) is 24.0 Å². The minimum absolute atomic E-state index is 0.129. The highest BCUT2D eigenvalue weighted by atomic mass is 16.7. The number of nitrogens with zero attached hydrogens (tertiary/aromatic N) is 1. The van der Waals surface area contributed by atoms with Crippen LogP contribution < -0.4 is 11.5 Å². The summed E-state index contributed by atoms with van der Waals surface area (Å²) in [5.41, 5.74) is 10.2. The van der Waals surface area contributed by atoms with E-state index in [2.05, 4.69) is 4.98 Å². The molecule has 2 saturated heterocycles. The molecule has 0 saturated carbocycles. The van der Waals surface area contributed by atoms with Crippen LogP contribution in [-0.4, -0.2) is 41.7 Å². The lowest BCUT2D eigenvalue weighted by molar-refractivity contribution is -0.111. The highest BCUT2D eigenvalue weighted by molar-refractivity contribution is 5.89. The summed E-state index contributed by atoms with van der Waals surface area (Å²) in [6.07, 6.45) is 2.78. The van der Waals surface area contributed by atoms with Crippen molar-refractivity contribution in [1.82, 2.24) is 4.98 Å². The van der Waals surface area contributed by atoms with Gasteiger partial charge in [-0.15, -0.1) is 0 Å². The van der Waals surface area contributed by atoms with Gasteiger partial charge in [-0.3, -0.25) is 16.5 Å². The Labute approximate surface area is 109 Å². The van der Waals surface area contributed by atoms with E-state index in [0.717, 1.165) is 0 Å². The zero-order chi connectivity index (χ0) is 13.5. The summed E-state index contributed by atoms with van der Waals surface area (Å²) in [5, 5.41) is 0. The highest BCUT2D eigenvalue weighted by Crippen LogP contribution is 2.40. The van der Waals surface area contributed by atoms with Crippen molar-refractivity contribution >= 4 is 5.97 Å². The molecule has 0 amide bonds. The molecule has 0 spiro atoms. The summed E-state index contributed by atoms with van der Waals surface area (Å²) < 4.78 is 16.3. The molecule has 0 radical (unpaired) electrons. The Morgan fingerprint density at radius 1 is 1.37 bits per heavy atom. The molecule has 0 aromatic carbocycles. The molecule has 4 N–H and O–H groups in total. The van der Waals surface area contributed by atoms with Crippen molar-refractivity contribution in [2.75, 3.05) is 13.2 Å². The first kappa shape index (κ1) is 12.5. The number of hydrogen-bond acceptors (Lipinski definition) is 7. The van der Waals surface area contributed by atoms with E-state index >= 15 is 0 Å². The monoisotopic (exact) mass is 265 g/mol. The van der Waals surface area contributed by atoms with E-state index in [9.17, 15) is 4.79 Å². The van der Waals surface area contributed by atoms with Crippen molar-refractivity contribution in [3.63, 3.8) is 0 Å². The molecule has 0 bridgehead atoms. The first-order chi connectivity index (χ1) is 9.05. The molecule has 3 rings (SSSR count). The number of rotatable bonds is 2. The number of pyridine rings is 1. The smallest absolute Gasteiger partial charge is 0.338 e. The van der Waals surface area contributed by atoms with E-state index in [-0.39, 0.29) is 6.61 Å². The summed E-state index contributed by atoms with van der Waals surface area (Å²) in [7, 11) is 0. The average molecular weight is 265 g/mol. The van der Waals surface area contributed by atoms with E-state index in [1.165, 1.54) is 12.4 Å². The van der Waals surface area contributed by atoms with Gasteiger partial charge < -0.3 is 14.2 Å². The summed E-state index contributed by atoms with van der Waals surface area (Å²) in [4.78, 5) is 15.8. The first-order valence-electron chi connectivity index (χ1n) is 6.02. The largest absolute Gasteiger partial charge is 0.452 e. The zero-order valence-electron chi connectivity index (χ0n) is 10.2. The molecule has 2 fully saturated rings. The average Bonchev–Trinajstić information content (AvgIpc) is 2.83. The third kappa shape index (κ3) is 1.82. The van der Waals surface area contributed by atoms with Gasteiger partial charge in [-0.05, 0) is 12.1 Å². The molecule has 2 aliphatic rings. The van der Waals surface area contributed by atoms with Crippen molar-refractivity contribution in [2.24, 2.45) is 11.5 Å². The lowest BCUT2D eigenvalue weighted by atomic mass is 9.98. The first-order valence-corrected chi connectivity index (χ1v) is 6.02. The van der Waals surface area contributed by atoms with Gasteiger partial charge in [0.2, 0.25) is 0 Å². The maximum atomic E-state index is 12.0. The van der Waals surface area contributed by atoms with Crippen LogP contribution in [0.2, 0.25) is 0 Å². The molecule has 2 aliphatic heterocycles. The Hall–Kier alpha value is -1.54. The number of fused-ring (bicyclic) bond motifs is 1. The Morgan fingerprint density at radius 3 is 2.84 bits per heavy atom. The van der Waals surface area contributed by atoms with Crippen molar-refractivity contribution in [1.29, 1.82) is 0 Å². The second-order valence-corrected chi connectivity index (χ2v) is 4.72. The number of carbonyl (C=O) groups excluding carboxylic acids is 1. The fourth-order valence-electron chi connectivity index (χ4n) is 2.39. The van der Waals surface area contributed by atoms with Gasteiger partial charge in [0.1, 0.15) is 0 Å². The fourth-order valence-corrected chi connectivity index (χ4v) is 2.39. The molecule has 19 heavy (non-hydrogen) atoms. The van der Waals surface area contributed by atoms with Crippen LogP contribution in [0.1, 0.15) is 16.8 Å². The second kappa shape index (κ2) is 4.24. The molecule has 3 atom stereocenters. The molecule has 7 heteroatoms. The number of ether oxygens (including phenoxy) is 3. The van der Waals surface area contributed by atoms with E-state index in [1.807, 2.05) is 0 Å². The summed E-state index contributed by atoms with van der Waals surface area (Å²) in [6.45, 7) is 0.514. The predicted octanol–water partition coefficient (Wildman–Crippen LogP) is -0.632. The quantitative estimate of drug-likeness (QED) is 0.685. The van der Waals surface area contributed by atoms with Gasteiger partial charge in [0, 0.05) is 18.8 Å². The third-order valence-corrected chi connectivity index (χ3v) is 3.61. The fraction of sp³-hybridized carbons (Fsp3) is 0.500. The van der Waals surface area contributed by atoms with Crippen LogP contribution in [0, 0.1) is 0 Å². The Morgan fingerprint density at radius 2 is 2.11 bits per heavy atom. The maximum absolute atomic E-state index is 12.0. The van der Waals surface area contributed by atoms with Crippen LogP contribution in [0.25, 0.3) is 0 Å². The summed E-state index contributed by atoms with van der Waals surface area (Å²) >= 11 is 0.